The number of nitrogens with zero attached hydrogens (tertiary/aromatic N) is 11. The van der Waals surface area contributed by atoms with Gasteiger partial charge in [0.1, 0.15) is 52.9 Å². The first-order valence-electron chi connectivity index (χ1n) is 26.1. The molecule has 1 atom stereocenters. The molecule has 8 aromatic rings. The van der Waals surface area contributed by atoms with Crippen LogP contribution in [0.4, 0.5) is 33.7 Å². The molecule has 1 aliphatic heterocycles. The van der Waals surface area contributed by atoms with Crippen molar-refractivity contribution in [1.29, 1.82) is 0 Å². The normalized spacial score (nSPS) is 13.6. The number of fused-ring (bicyclic) bond motifs is 2. The predicted octanol–water partition coefficient (Wildman–Crippen LogP) is 9.26. The maximum absolute atomic E-state index is 16.7. The molecular weight excluding hydrogens is 1110 g/mol. The largest absolute Gasteiger partial charge is 0.496 e. The van der Waals surface area contributed by atoms with Gasteiger partial charge in [0, 0.05) is 24.2 Å². The number of methoxy groups -OCH3 is 2. The summed E-state index contributed by atoms with van der Waals surface area (Å²) in [7, 11) is 2.40. The number of esters is 1. The van der Waals surface area contributed by atoms with Gasteiger partial charge in [-0.05, 0) is 60.1 Å². The van der Waals surface area contributed by atoms with Gasteiger partial charge in [0.15, 0.2) is 0 Å². The Bertz CT molecular complexity index is 3860. The predicted molar refractivity (Wildman–Crippen MR) is 294 cm³/mol. The van der Waals surface area contributed by atoms with Crippen LogP contribution in [-0.2, 0) is 4.79 Å². The van der Waals surface area contributed by atoms with Crippen molar-refractivity contribution in [2.75, 3.05) is 33.9 Å². The summed E-state index contributed by atoms with van der Waals surface area (Å²) in [6.45, 7) is 12.4. The molecule has 1 aliphatic rings. The average Bonchev–Trinajstić information content (AvgIpc) is 0.990. The minimum atomic E-state index is -1.69. The molecular formula is C56H52F4N12O12. The van der Waals surface area contributed by atoms with Crippen LogP contribution >= 0.6 is 0 Å². The molecule has 1 saturated heterocycles. The van der Waals surface area contributed by atoms with Crippen LogP contribution in [0.3, 0.4) is 0 Å². The van der Waals surface area contributed by atoms with Crippen molar-refractivity contribution in [2.45, 2.75) is 85.1 Å². The van der Waals surface area contributed by atoms with E-state index in [1.807, 2.05) is 0 Å². The third kappa shape index (κ3) is 10.3. The van der Waals surface area contributed by atoms with Gasteiger partial charge in [0.2, 0.25) is 23.4 Å². The fraction of sp³-hybridized carbons (Fsp3) is 0.321. The summed E-state index contributed by atoms with van der Waals surface area (Å²) in [5.74, 6) is -10.8. The van der Waals surface area contributed by atoms with Gasteiger partial charge in [-0.2, -0.15) is 8.78 Å². The van der Waals surface area contributed by atoms with Crippen molar-refractivity contribution < 1.29 is 55.9 Å². The lowest BCUT2D eigenvalue weighted by molar-refractivity contribution is -0.387. The van der Waals surface area contributed by atoms with Crippen LogP contribution in [0.25, 0.3) is 55.7 Å². The van der Waals surface area contributed by atoms with E-state index in [0.717, 1.165) is 38.3 Å². The number of carbonyl (C=O) groups is 2. The van der Waals surface area contributed by atoms with Crippen LogP contribution < -0.4 is 35.4 Å². The molecule has 7 heterocycles. The highest BCUT2D eigenvalue weighted by molar-refractivity contribution is 5.95. The first kappa shape index (κ1) is 58.8. The summed E-state index contributed by atoms with van der Waals surface area (Å²) >= 11 is 0. The van der Waals surface area contributed by atoms with Crippen molar-refractivity contribution in [1.82, 2.24) is 49.3 Å². The molecule has 84 heavy (non-hydrogen) atoms. The van der Waals surface area contributed by atoms with Crippen LogP contribution in [0.2, 0.25) is 0 Å². The summed E-state index contributed by atoms with van der Waals surface area (Å²) in [4.78, 5) is 109. The van der Waals surface area contributed by atoms with Gasteiger partial charge in [-0.25, -0.2) is 48.3 Å². The van der Waals surface area contributed by atoms with Crippen LogP contribution in [0.5, 0.6) is 23.0 Å². The average molecular weight is 1160 g/mol. The second kappa shape index (κ2) is 23.2. The third-order valence-corrected chi connectivity index (χ3v) is 13.9. The van der Waals surface area contributed by atoms with Gasteiger partial charge >= 0.3 is 34.6 Å². The summed E-state index contributed by atoms with van der Waals surface area (Å²) in [5.41, 5.74) is -9.40. The number of amides is 1. The highest BCUT2D eigenvalue weighted by atomic mass is 19.1. The second-order valence-electron chi connectivity index (χ2n) is 20.5. The summed E-state index contributed by atoms with van der Waals surface area (Å²) in [5, 5.41) is 29.2. The quantitative estimate of drug-likeness (QED) is 0.0329. The standard InChI is InChI=1S/C56H52F4N12O12/c1-24(2)39-45(40(25(3)4)63-22-62-39)69-33-19-28(37-30(57)13-11-15-35(37)81-9)51(59)66-43(33)49(47(53(69)73)71(77)78)83-55(75)32-21-68(18-17-61-32)56(76)84-50-44-34(20-29(52(60)67-44)38-31(58)14-12-16-36(38)82-10)70(54(74)48(50)72(79)80)46-41(26(5)6)64-23-65-42(46)27(7)8/h11-16,19-20,22-27,32,61H,17-18,21H2,1-10H3. The highest BCUT2D eigenvalue weighted by Crippen LogP contribution is 2.43. The third-order valence-electron chi connectivity index (χ3n) is 13.9. The molecule has 6 aromatic heterocycles. The fourth-order valence-electron chi connectivity index (χ4n) is 10.0. The molecule has 1 unspecified atom stereocenters. The maximum Gasteiger partial charge on any atom is 0.415 e. The summed E-state index contributed by atoms with van der Waals surface area (Å²) in [6, 6.07) is 7.56. The number of halogens is 4. The number of nitrogens with one attached hydrogen (secondary N) is 1. The Hall–Kier alpha value is -9.86. The van der Waals surface area contributed by atoms with Crippen molar-refractivity contribution in [3.05, 3.63) is 148 Å². The second-order valence-corrected chi connectivity index (χ2v) is 20.5. The first-order chi connectivity index (χ1) is 39.9. The molecule has 0 bridgehead atoms. The van der Waals surface area contributed by atoms with Gasteiger partial charge in [-0.3, -0.25) is 39.0 Å². The zero-order valence-corrected chi connectivity index (χ0v) is 46.6. The van der Waals surface area contributed by atoms with Crippen molar-refractivity contribution in [2.24, 2.45) is 0 Å². The topological polar surface area (TPSA) is 294 Å². The highest BCUT2D eigenvalue weighted by Gasteiger charge is 2.40. The van der Waals surface area contributed by atoms with Crippen LogP contribution in [-0.4, -0.2) is 106 Å². The zero-order chi connectivity index (χ0) is 60.9. The summed E-state index contributed by atoms with van der Waals surface area (Å²) in [6.07, 6.45) is 0.999. The Morgan fingerprint density at radius 3 is 1.39 bits per heavy atom. The molecule has 1 N–H and O–H groups in total. The molecule has 0 spiro atoms. The number of hydrogen-bond donors (Lipinski definition) is 1. The number of aromatic nitrogens is 8. The molecule has 1 amide bonds. The first-order valence-corrected chi connectivity index (χ1v) is 26.1. The number of rotatable bonds is 15. The number of benzene rings is 2. The Morgan fingerprint density at radius 2 is 1.02 bits per heavy atom. The van der Waals surface area contributed by atoms with E-state index >= 15 is 17.6 Å². The lowest BCUT2D eigenvalue weighted by Gasteiger charge is -2.31. The van der Waals surface area contributed by atoms with E-state index in [-0.39, 0.29) is 58.7 Å². The van der Waals surface area contributed by atoms with Crippen molar-refractivity contribution >= 4 is 45.5 Å². The molecule has 0 saturated carbocycles. The lowest BCUT2D eigenvalue weighted by Crippen LogP contribution is -2.57. The molecule has 24 nitrogen and oxygen atoms in total. The number of pyridine rings is 4. The van der Waals surface area contributed by atoms with Crippen molar-refractivity contribution in [3.63, 3.8) is 0 Å². The lowest BCUT2D eigenvalue weighted by atomic mass is 10.0. The molecule has 0 aliphatic carbocycles. The van der Waals surface area contributed by atoms with Gasteiger partial charge in [-0.1, -0.05) is 67.5 Å². The van der Waals surface area contributed by atoms with Crippen LogP contribution in [0.1, 0.15) is 102 Å². The molecule has 9 rings (SSSR count). The number of piperazine rings is 1. The minimum Gasteiger partial charge on any atom is -0.496 e. The zero-order valence-electron chi connectivity index (χ0n) is 46.6. The molecule has 436 valence electrons. The van der Waals surface area contributed by atoms with Gasteiger partial charge in [0.25, 0.3) is 0 Å². The summed E-state index contributed by atoms with van der Waals surface area (Å²) < 4.78 is 88.7. The molecule has 1 fully saturated rings. The Balaban J connectivity index is 1.18. The number of nitro groups is 2. The van der Waals surface area contributed by atoms with E-state index in [2.05, 4.69) is 35.2 Å². The number of carbonyl (C=O) groups excluding carboxylic acids is 2. The van der Waals surface area contributed by atoms with Crippen molar-refractivity contribution in [3.8, 4) is 56.6 Å². The fourth-order valence-corrected chi connectivity index (χ4v) is 10.0. The minimum absolute atomic E-state index is 0.0504. The van der Waals surface area contributed by atoms with E-state index in [9.17, 15) is 39.4 Å². The maximum atomic E-state index is 16.7. The van der Waals surface area contributed by atoms with Gasteiger partial charge in [0.05, 0.1) is 86.9 Å². The SMILES string of the molecule is COc1cccc(F)c1-c1cc2c(nc1F)c(OC(=O)C1CN(C(=O)Oc3c([N+](=O)[O-])c(=O)n(-c4c(C(C)C)ncnc4C(C)C)c4cc(-c5c(F)cccc5OC)c(F)nc34)CCN1)c([N+](=O)[O-])c(=O)n2-c1c(C(C)C)ncnc1C(C)C. The van der Waals surface area contributed by atoms with Crippen LogP contribution in [0, 0.1) is 43.8 Å². The van der Waals surface area contributed by atoms with E-state index in [1.165, 1.54) is 51.1 Å². The number of hydrogen-bond acceptors (Lipinski definition) is 19. The smallest absolute Gasteiger partial charge is 0.415 e. The van der Waals surface area contributed by atoms with E-state index in [0.29, 0.717) is 0 Å². The molecule has 28 heteroatoms. The monoisotopic (exact) mass is 1160 g/mol. The van der Waals surface area contributed by atoms with Gasteiger partial charge in [-0.15, -0.1) is 0 Å². The molecule has 0 radical (unpaired) electrons. The van der Waals surface area contributed by atoms with Crippen LogP contribution in [0.15, 0.2) is 70.8 Å². The van der Waals surface area contributed by atoms with E-state index < -0.39 is 160 Å². The number of ether oxygens (including phenoxy) is 4. The Kier molecular flexibility index (Phi) is 16.2. The molecule has 2 aromatic carbocycles. The van der Waals surface area contributed by atoms with Gasteiger partial charge < -0.3 is 29.2 Å². The Labute approximate surface area is 473 Å². The Morgan fingerprint density at radius 1 is 0.631 bits per heavy atom. The van der Waals surface area contributed by atoms with E-state index in [1.54, 1.807) is 55.4 Å². The van der Waals surface area contributed by atoms with E-state index in [4.69, 9.17) is 18.9 Å².